The first-order valence-electron chi connectivity index (χ1n) is 12.5. The maximum absolute atomic E-state index is 12.0. The molecule has 1 rings (SSSR count). The minimum absolute atomic E-state index is 0. The number of rotatable bonds is 19. The molecule has 5 atom stereocenters. The fourth-order valence-corrected chi connectivity index (χ4v) is 4.53. The van der Waals surface area contributed by atoms with Crippen molar-refractivity contribution in [3.8, 4) is 0 Å². The molecule has 0 aliphatic carbocycles. The third-order valence-electron chi connectivity index (χ3n) is 6.00. The van der Waals surface area contributed by atoms with E-state index < -0.39 is 53.7 Å². The van der Waals surface area contributed by atoms with Crippen LogP contribution >= 0.6 is 0 Å². The van der Waals surface area contributed by atoms with Crippen LogP contribution in [0.3, 0.4) is 0 Å². The summed E-state index contributed by atoms with van der Waals surface area (Å²) in [5, 5.41) is 20.0. The second-order valence-electron chi connectivity index (χ2n) is 8.90. The summed E-state index contributed by atoms with van der Waals surface area (Å²) in [4.78, 5) is 12.0. The van der Waals surface area contributed by atoms with Crippen molar-refractivity contribution in [2.75, 3.05) is 13.7 Å². The molecule has 10 nitrogen and oxygen atoms in total. The molecule has 0 unspecified atom stereocenters. The Bertz CT molecular complexity index is 648. The Morgan fingerprint density at radius 3 is 1.83 bits per heavy atom. The summed E-state index contributed by atoms with van der Waals surface area (Å²) in [6, 6.07) is 0. The Morgan fingerprint density at radius 2 is 1.37 bits per heavy atom. The zero-order valence-electron chi connectivity index (χ0n) is 21.6. The number of carbonyl (C=O) groups is 1. The molecular formula is C23H43KO10S. The summed E-state index contributed by atoms with van der Waals surface area (Å²) in [5.41, 5.74) is 0. The third-order valence-corrected chi connectivity index (χ3v) is 6.45. The average molecular weight is 551 g/mol. The van der Waals surface area contributed by atoms with Gasteiger partial charge in [-0.15, -0.1) is 0 Å². The number of hydrogen-bond acceptors (Lipinski definition) is 10. The molecule has 0 amide bonds. The summed E-state index contributed by atoms with van der Waals surface area (Å²) in [7, 11) is -3.98. The van der Waals surface area contributed by atoms with Crippen molar-refractivity contribution in [2.24, 2.45) is 0 Å². The first-order valence-corrected chi connectivity index (χ1v) is 13.9. The zero-order valence-corrected chi connectivity index (χ0v) is 25.5. The fourth-order valence-electron chi connectivity index (χ4n) is 4.02. The van der Waals surface area contributed by atoms with Gasteiger partial charge in [-0.25, -0.2) is 8.42 Å². The molecule has 202 valence electrons. The number of methoxy groups -OCH3 is 1. The summed E-state index contributed by atoms with van der Waals surface area (Å²) in [6.07, 6.45) is 7.89. The van der Waals surface area contributed by atoms with Gasteiger partial charge in [0.1, 0.15) is 31.0 Å². The molecule has 1 aliphatic rings. The van der Waals surface area contributed by atoms with Crippen LogP contribution in [0.15, 0.2) is 0 Å². The van der Waals surface area contributed by atoms with E-state index in [2.05, 4.69) is 11.1 Å². The van der Waals surface area contributed by atoms with Gasteiger partial charge in [0, 0.05) is 13.5 Å². The van der Waals surface area contributed by atoms with Gasteiger partial charge in [-0.3, -0.25) is 8.98 Å². The summed E-state index contributed by atoms with van der Waals surface area (Å²) in [6.45, 7) is 1.77. The quantitative estimate of drug-likeness (QED) is 0.0736. The smallest absolute Gasteiger partial charge is 0.726 e. The van der Waals surface area contributed by atoms with Gasteiger partial charge >= 0.3 is 57.4 Å². The number of ether oxygens (including phenoxy) is 3. The molecule has 1 aliphatic heterocycles. The number of carbonyl (C=O) groups excluding carboxylic acids is 1. The molecule has 1 fully saturated rings. The SMILES string of the molecule is CCCCCCCCCCCCCCCC(=O)OC[C@H]1O[C@H](OC)[C@H](O)[C@@H](O)[C@@H]1OS(=O)(=O)[O-].[K+]. The fraction of sp³-hybridized carbons (Fsp3) is 0.957. The first kappa shape index (κ1) is 35.8. The molecule has 1 heterocycles. The van der Waals surface area contributed by atoms with Gasteiger partial charge < -0.3 is 29.0 Å². The number of aliphatic hydroxyl groups is 2. The Balaban J connectivity index is 0.0000116. The van der Waals surface area contributed by atoms with E-state index in [1.54, 1.807) is 0 Å². The van der Waals surface area contributed by atoms with E-state index in [1.165, 1.54) is 64.9 Å². The minimum Gasteiger partial charge on any atom is -0.726 e. The Hall–Kier alpha value is 0.816. The van der Waals surface area contributed by atoms with E-state index in [0.717, 1.165) is 19.3 Å². The monoisotopic (exact) mass is 550 g/mol. The topological polar surface area (TPSA) is 152 Å². The van der Waals surface area contributed by atoms with Crippen LogP contribution in [-0.2, 0) is 33.6 Å². The van der Waals surface area contributed by atoms with E-state index in [4.69, 9.17) is 14.2 Å². The average Bonchev–Trinajstić information content (AvgIpc) is 2.78. The molecule has 0 aromatic carbocycles. The van der Waals surface area contributed by atoms with Crippen LogP contribution in [0.25, 0.3) is 0 Å². The van der Waals surface area contributed by atoms with Gasteiger partial charge in [0.05, 0.1) is 0 Å². The van der Waals surface area contributed by atoms with Gasteiger partial charge in [0.25, 0.3) is 0 Å². The van der Waals surface area contributed by atoms with E-state index in [1.807, 2.05) is 0 Å². The number of hydrogen-bond donors (Lipinski definition) is 2. The van der Waals surface area contributed by atoms with Gasteiger partial charge in [-0.1, -0.05) is 84.0 Å². The third kappa shape index (κ3) is 16.4. The molecule has 0 aromatic heterocycles. The molecule has 2 N–H and O–H groups in total. The van der Waals surface area contributed by atoms with Crippen LogP contribution in [0.5, 0.6) is 0 Å². The van der Waals surface area contributed by atoms with E-state index in [9.17, 15) is 28.0 Å². The standard InChI is InChI=1S/C23H44O10S.K/c1-3-4-5-6-7-8-9-10-11-12-13-14-15-16-19(24)31-17-18-22(33-34(27,28)29)20(25)21(26)23(30-2)32-18;/h18,20-23,25-26H,3-17H2,1-2H3,(H,27,28,29);/q;+1/p-1/t18-,20-,21-,22-,23+;/m1./s1. The van der Waals surface area contributed by atoms with Crippen molar-refractivity contribution in [3.05, 3.63) is 0 Å². The van der Waals surface area contributed by atoms with Crippen molar-refractivity contribution in [3.63, 3.8) is 0 Å². The van der Waals surface area contributed by atoms with Crippen LogP contribution < -0.4 is 51.4 Å². The summed E-state index contributed by atoms with van der Waals surface area (Å²) < 4.78 is 52.5. The number of esters is 1. The van der Waals surface area contributed by atoms with E-state index in [0.29, 0.717) is 6.42 Å². The number of aliphatic hydroxyl groups excluding tert-OH is 2. The van der Waals surface area contributed by atoms with Crippen LogP contribution in [0.2, 0.25) is 0 Å². The van der Waals surface area contributed by atoms with Crippen molar-refractivity contribution >= 4 is 16.4 Å². The summed E-state index contributed by atoms with van der Waals surface area (Å²) >= 11 is 0. The Labute approximate surface area is 253 Å². The molecule has 0 spiro atoms. The maximum atomic E-state index is 12.0. The predicted molar refractivity (Wildman–Crippen MR) is 124 cm³/mol. The number of unbranched alkanes of at least 4 members (excludes halogenated alkanes) is 12. The van der Waals surface area contributed by atoms with Crippen LogP contribution in [-0.4, -0.2) is 73.6 Å². The molecule has 0 bridgehead atoms. The van der Waals surface area contributed by atoms with Crippen LogP contribution in [0.1, 0.15) is 96.8 Å². The van der Waals surface area contributed by atoms with Crippen molar-refractivity contribution in [1.82, 2.24) is 0 Å². The molecule has 0 saturated carbocycles. The van der Waals surface area contributed by atoms with Gasteiger partial charge in [-0.2, -0.15) is 0 Å². The first-order chi connectivity index (χ1) is 16.2. The second-order valence-corrected chi connectivity index (χ2v) is 9.91. The van der Waals surface area contributed by atoms with Gasteiger partial charge in [0.2, 0.25) is 10.4 Å². The predicted octanol–water partition coefficient (Wildman–Crippen LogP) is -0.0466. The van der Waals surface area contributed by atoms with E-state index in [-0.39, 0.29) is 57.8 Å². The molecule has 1 saturated heterocycles. The minimum atomic E-state index is -5.19. The van der Waals surface area contributed by atoms with Crippen molar-refractivity contribution < 1.29 is 97.8 Å². The maximum Gasteiger partial charge on any atom is 1.00 e. The Kier molecular flexibility index (Phi) is 21.2. The zero-order chi connectivity index (χ0) is 25.4. The van der Waals surface area contributed by atoms with Gasteiger partial charge in [-0.05, 0) is 6.42 Å². The Morgan fingerprint density at radius 1 is 0.886 bits per heavy atom. The molecule has 0 aromatic rings. The molecule has 12 heteroatoms. The molecular weight excluding hydrogens is 507 g/mol. The largest absolute Gasteiger partial charge is 1.00 e. The second kappa shape index (κ2) is 20.7. The van der Waals surface area contributed by atoms with Crippen LogP contribution in [0.4, 0.5) is 0 Å². The molecule has 0 radical (unpaired) electrons. The van der Waals surface area contributed by atoms with Gasteiger partial charge in [0.15, 0.2) is 6.29 Å². The van der Waals surface area contributed by atoms with Crippen LogP contribution in [0, 0.1) is 0 Å². The van der Waals surface area contributed by atoms with E-state index >= 15 is 0 Å². The molecule has 35 heavy (non-hydrogen) atoms. The van der Waals surface area contributed by atoms with Crippen molar-refractivity contribution in [2.45, 2.75) is 128 Å². The normalized spacial score (nSPS) is 24.7. The summed E-state index contributed by atoms with van der Waals surface area (Å²) in [5.74, 6) is -0.509. The van der Waals surface area contributed by atoms with Crippen molar-refractivity contribution in [1.29, 1.82) is 0 Å².